The van der Waals surface area contributed by atoms with Crippen LogP contribution in [0.15, 0.2) is 18.2 Å². The van der Waals surface area contributed by atoms with E-state index in [0.717, 1.165) is 0 Å². The quantitative estimate of drug-likeness (QED) is 0.742. The van der Waals surface area contributed by atoms with E-state index in [1.165, 1.54) is 12.1 Å². The van der Waals surface area contributed by atoms with E-state index < -0.39 is 0 Å². The first-order valence-electron chi connectivity index (χ1n) is 5.60. The van der Waals surface area contributed by atoms with Gasteiger partial charge in [-0.1, -0.05) is 0 Å². The van der Waals surface area contributed by atoms with Crippen LogP contribution in [0.2, 0.25) is 0 Å². The number of nitrogens with zero attached hydrogens (tertiary/aromatic N) is 1. The van der Waals surface area contributed by atoms with Crippen molar-refractivity contribution in [2.75, 3.05) is 18.0 Å². The second-order valence-corrected chi connectivity index (χ2v) is 4.32. The molecule has 0 aromatic heterocycles. The lowest BCUT2D eigenvalue weighted by atomic mass is 10.0. The molecule has 1 aromatic carbocycles. The fourth-order valence-electron chi connectivity index (χ4n) is 1.99. The van der Waals surface area contributed by atoms with Crippen molar-refractivity contribution in [3.05, 3.63) is 29.6 Å². The molecule has 1 aliphatic rings. The highest BCUT2D eigenvalue weighted by Crippen LogP contribution is 2.26. The summed E-state index contributed by atoms with van der Waals surface area (Å²) in [6.45, 7) is 1.86. The standard InChI is InChI=1S/C12H14FN3O2/c1-7(14)9-4-8(13)2-3-10(9)16-5-11(17)15-12(18)6-16/h2-4,7H,5-6,14H2,1H3,(H,15,17,18)/t7-/m1/s1. The molecule has 0 spiro atoms. The van der Waals surface area contributed by atoms with Crippen molar-refractivity contribution in [2.45, 2.75) is 13.0 Å². The third kappa shape index (κ3) is 2.48. The van der Waals surface area contributed by atoms with E-state index in [1.54, 1.807) is 17.9 Å². The van der Waals surface area contributed by atoms with E-state index in [0.29, 0.717) is 11.3 Å². The van der Waals surface area contributed by atoms with Crippen LogP contribution in [0.3, 0.4) is 0 Å². The van der Waals surface area contributed by atoms with Crippen molar-refractivity contribution in [3.8, 4) is 0 Å². The summed E-state index contributed by atoms with van der Waals surface area (Å²) >= 11 is 0. The molecule has 3 N–H and O–H groups in total. The minimum Gasteiger partial charge on any atom is -0.353 e. The maximum atomic E-state index is 13.2. The third-order valence-corrected chi connectivity index (χ3v) is 2.77. The van der Waals surface area contributed by atoms with E-state index >= 15 is 0 Å². The Bertz CT molecular complexity index is 486. The molecule has 0 aliphatic carbocycles. The summed E-state index contributed by atoms with van der Waals surface area (Å²) in [5.74, 6) is -1.13. The number of carbonyl (C=O) groups is 2. The molecule has 1 atom stereocenters. The van der Waals surface area contributed by atoms with Gasteiger partial charge in [0.2, 0.25) is 11.8 Å². The summed E-state index contributed by atoms with van der Waals surface area (Å²) in [6, 6.07) is 3.78. The molecule has 18 heavy (non-hydrogen) atoms. The van der Waals surface area contributed by atoms with Crippen LogP contribution in [-0.4, -0.2) is 24.9 Å². The Labute approximate surface area is 104 Å². The summed E-state index contributed by atoms with van der Waals surface area (Å²) < 4.78 is 13.2. The van der Waals surface area contributed by atoms with E-state index in [1.807, 2.05) is 0 Å². The minimum absolute atomic E-state index is 0.0666. The van der Waals surface area contributed by atoms with Crippen LogP contribution < -0.4 is 16.0 Å². The third-order valence-electron chi connectivity index (χ3n) is 2.77. The first-order valence-corrected chi connectivity index (χ1v) is 5.60. The Morgan fingerprint density at radius 3 is 2.50 bits per heavy atom. The molecule has 6 heteroatoms. The van der Waals surface area contributed by atoms with E-state index in [-0.39, 0.29) is 36.8 Å². The molecule has 1 heterocycles. The maximum Gasteiger partial charge on any atom is 0.246 e. The highest BCUT2D eigenvalue weighted by atomic mass is 19.1. The molecule has 1 saturated heterocycles. The number of piperazine rings is 1. The van der Waals surface area contributed by atoms with Gasteiger partial charge in [-0.3, -0.25) is 14.9 Å². The highest BCUT2D eigenvalue weighted by Gasteiger charge is 2.25. The van der Waals surface area contributed by atoms with Crippen molar-refractivity contribution in [1.82, 2.24) is 5.32 Å². The lowest BCUT2D eigenvalue weighted by molar-refractivity contribution is -0.130. The number of halogens is 1. The van der Waals surface area contributed by atoms with Gasteiger partial charge in [-0.15, -0.1) is 0 Å². The number of nitrogens with one attached hydrogen (secondary N) is 1. The molecule has 0 unspecified atom stereocenters. The Morgan fingerprint density at radius 2 is 1.94 bits per heavy atom. The van der Waals surface area contributed by atoms with Gasteiger partial charge >= 0.3 is 0 Å². The van der Waals surface area contributed by atoms with Crippen LogP contribution in [-0.2, 0) is 9.59 Å². The van der Waals surface area contributed by atoms with Crippen molar-refractivity contribution >= 4 is 17.5 Å². The van der Waals surface area contributed by atoms with Gasteiger partial charge < -0.3 is 10.6 Å². The fraction of sp³-hybridized carbons (Fsp3) is 0.333. The molecule has 5 nitrogen and oxygen atoms in total. The molecule has 96 valence electrons. The second kappa shape index (κ2) is 4.73. The van der Waals surface area contributed by atoms with Gasteiger partial charge in [-0.2, -0.15) is 0 Å². The second-order valence-electron chi connectivity index (χ2n) is 4.32. The van der Waals surface area contributed by atoms with Crippen LogP contribution in [0.4, 0.5) is 10.1 Å². The van der Waals surface area contributed by atoms with Crippen molar-refractivity contribution in [3.63, 3.8) is 0 Å². The number of amides is 2. The number of anilines is 1. The predicted octanol–water partition coefficient (Wildman–Crippen LogP) is 0.308. The molecule has 1 aliphatic heterocycles. The average molecular weight is 251 g/mol. The maximum absolute atomic E-state index is 13.2. The number of hydrogen-bond donors (Lipinski definition) is 2. The topological polar surface area (TPSA) is 75.4 Å². The summed E-state index contributed by atoms with van der Waals surface area (Å²) in [7, 11) is 0. The molecular formula is C12H14FN3O2. The van der Waals surface area contributed by atoms with Crippen LogP contribution in [0, 0.1) is 5.82 Å². The smallest absolute Gasteiger partial charge is 0.246 e. The van der Waals surface area contributed by atoms with Gasteiger partial charge in [0.05, 0.1) is 13.1 Å². The molecule has 0 bridgehead atoms. The van der Waals surface area contributed by atoms with E-state index in [2.05, 4.69) is 5.32 Å². The molecular weight excluding hydrogens is 237 g/mol. The molecule has 2 rings (SSSR count). The summed E-state index contributed by atoms with van der Waals surface area (Å²) in [4.78, 5) is 24.2. The van der Waals surface area contributed by atoms with Crippen molar-refractivity contribution in [1.29, 1.82) is 0 Å². The van der Waals surface area contributed by atoms with Gasteiger partial charge in [0.1, 0.15) is 5.82 Å². The SMILES string of the molecule is C[C@@H](N)c1cc(F)ccc1N1CC(=O)NC(=O)C1. The summed E-state index contributed by atoms with van der Waals surface area (Å²) in [5.41, 5.74) is 6.98. The Kier molecular flexibility index (Phi) is 3.29. The zero-order valence-corrected chi connectivity index (χ0v) is 9.94. The predicted molar refractivity (Wildman–Crippen MR) is 64.4 cm³/mol. The monoisotopic (exact) mass is 251 g/mol. The summed E-state index contributed by atoms with van der Waals surface area (Å²) in [5, 5.41) is 2.21. The van der Waals surface area contributed by atoms with Crippen LogP contribution in [0.5, 0.6) is 0 Å². The number of nitrogens with two attached hydrogens (primary N) is 1. The number of hydrogen-bond acceptors (Lipinski definition) is 4. The number of imide groups is 1. The molecule has 0 saturated carbocycles. The molecule has 1 aromatic rings. The zero-order valence-electron chi connectivity index (χ0n) is 9.94. The fourth-order valence-corrected chi connectivity index (χ4v) is 1.99. The first kappa shape index (κ1) is 12.5. The van der Waals surface area contributed by atoms with E-state index in [9.17, 15) is 14.0 Å². The molecule has 2 amide bonds. The van der Waals surface area contributed by atoms with E-state index in [4.69, 9.17) is 5.73 Å². The van der Waals surface area contributed by atoms with Crippen LogP contribution in [0.1, 0.15) is 18.5 Å². The van der Waals surface area contributed by atoms with Crippen LogP contribution >= 0.6 is 0 Å². The van der Waals surface area contributed by atoms with Crippen LogP contribution in [0.25, 0.3) is 0 Å². The lowest BCUT2D eigenvalue weighted by Crippen LogP contribution is -2.51. The zero-order chi connectivity index (χ0) is 13.3. The Morgan fingerprint density at radius 1 is 1.33 bits per heavy atom. The van der Waals surface area contributed by atoms with Crippen molar-refractivity contribution in [2.24, 2.45) is 5.73 Å². The number of carbonyl (C=O) groups excluding carboxylic acids is 2. The number of rotatable bonds is 2. The van der Waals surface area contributed by atoms with Gasteiger partial charge in [-0.05, 0) is 30.7 Å². The minimum atomic E-state index is -0.390. The average Bonchev–Trinajstić information content (AvgIpc) is 2.27. The number of benzene rings is 1. The Hall–Kier alpha value is -1.95. The highest BCUT2D eigenvalue weighted by molar-refractivity contribution is 6.02. The van der Waals surface area contributed by atoms with Gasteiger partial charge in [-0.25, -0.2) is 4.39 Å². The van der Waals surface area contributed by atoms with Gasteiger partial charge in [0, 0.05) is 11.7 Å². The molecule has 0 radical (unpaired) electrons. The summed E-state index contributed by atoms with van der Waals surface area (Å²) in [6.07, 6.45) is 0. The largest absolute Gasteiger partial charge is 0.353 e. The van der Waals surface area contributed by atoms with Crippen molar-refractivity contribution < 1.29 is 14.0 Å². The lowest BCUT2D eigenvalue weighted by Gasteiger charge is -2.30. The normalized spacial score (nSPS) is 17.6. The van der Waals surface area contributed by atoms with Gasteiger partial charge in [0.15, 0.2) is 0 Å². The Balaban J connectivity index is 2.37. The molecule has 1 fully saturated rings. The van der Waals surface area contributed by atoms with Gasteiger partial charge in [0.25, 0.3) is 0 Å². The first-order chi connectivity index (χ1) is 8.47.